The molecule has 1 saturated heterocycles. The molecule has 4 N–H and O–H groups in total. The third-order valence-corrected chi connectivity index (χ3v) is 2.58. The van der Waals surface area contributed by atoms with Crippen LogP contribution in [0.3, 0.4) is 0 Å². The van der Waals surface area contributed by atoms with Crippen molar-refractivity contribution >= 4 is 11.6 Å². The van der Waals surface area contributed by atoms with Crippen molar-refractivity contribution in [2.45, 2.75) is 19.4 Å². The highest BCUT2D eigenvalue weighted by Crippen LogP contribution is 2.18. The van der Waals surface area contributed by atoms with Crippen molar-refractivity contribution < 1.29 is 0 Å². The van der Waals surface area contributed by atoms with Gasteiger partial charge < -0.3 is 20.9 Å². The van der Waals surface area contributed by atoms with E-state index < -0.39 is 0 Å². The van der Waals surface area contributed by atoms with Crippen molar-refractivity contribution in [2.24, 2.45) is 0 Å². The minimum atomic E-state index is 0.477. The number of aromatic nitrogens is 2. The van der Waals surface area contributed by atoms with Crippen LogP contribution in [0.4, 0.5) is 11.6 Å². The fourth-order valence-corrected chi connectivity index (χ4v) is 1.87. The second-order valence-electron chi connectivity index (χ2n) is 3.98. The third-order valence-electron chi connectivity index (χ3n) is 2.58. The van der Waals surface area contributed by atoms with Crippen LogP contribution in [0.2, 0.25) is 0 Å². The molecule has 0 amide bonds. The molecule has 1 unspecified atom stereocenters. The van der Waals surface area contributed by atoms with E-state index in [-0.39, 0.29) is 0 Å². The molecule has 0 aliphatic carbocycles. The number of rotatable bonds is 2. The van der Waals surface area contributed by atoms with Gasteiger partial charge in [0, 0.05) is 12.6 Å². The molecular weight excluding hydrogens is 178 g/mol. The second kappa shape index (κ2) is 3.49. The summed E-state index contributed by atoms with van der Waals surface area (Å²) < 4.78 is 0. The van der Waals surface area contributed by atoms with E-state index in [1.54, 1.807) is 0 Å². The molecule has 2 rings (SSSR count). The molecule has 78 valence electrons. The number of aromatic amines is 1. The van der Waals surface area contributed by atoms with E-state index in [1.165, 1.54) is 0 Å². The first-order chi connectivity index (χ1) is 6.65. The molecule has 1 atom stereocenters. The molecule has 1 aromatic heterocycles. The molecule has 1 aliphatic rings. The molecule has 1 fully saturated rings. The number of nitrogens with one attached hydrogen (secondary N) is 2. The van der Waals surface area contributed by atoms with Crippen molar-refractivity contribution in [3.63, 3.8) is 0 Å². The highest BCUT2D eigenvalue weighted by molar-refractivity contribution is 5.57. The van der Waals surface area contributed by atoms with Crippen LogP contribution in [-0.2, 0) is 0 Å². The highest BCUT2D eigenvalue weighted by Gasteiger charge is 2.20. The standard InChI is InChI=1S/C9H17N5/c1-6-11-8(10)9(12-6)13-7-3-4-14(2)5-7/h7,13H,3-5,10H2,1-2H3,(H,11,12). The van der Waals surface area contributed by atoms with Gasteiger partial charge in [0.25, 0.3) is 0 Å². The number of aryl methyl sites for hydroxylation is 1. The Morgan fingerprint density at radius 1 is 1.64 bits per heavy atom. The van der Waals surface area contributed by atoms with Crippen LogP contribution >= 0.6 is 0 Å². The number of nitrogen functional groups attached to an aromatic ring is 1. The van der Waals surface area contributed by atoms with Crippen molar-refractivity contribution in [1.29, 1.82) is 0 Å². The lowest BCUT2D eigenvalue weighted by molar-refractivity contribution is 0.414. The zero-order valence-electron chi connectivity index (χ0n) is 8.67. The normalized spacial score (nSPS) is 22.9. The summed E-state index contributed by atoms with van der Waals surface area (Å²) in [4.78, 5) is 9.57. The molecular formula is C9H17N5. The number of imidazole rings is 1. The average molecular weight is 195 g/mol. The molecule has 0 aromatic carbocycles. The molecule has 1 aromatic rings. The summed E-state index contributed by atoms with van der Waals surface area (Å²) >= 11 is 0. The van der Waals surface area contributed by atoms with Crippen LogP contribution in [-0.4, -0.2) is 41.0 Å². The summed E-state index contributed by atoms with van der Waals surface area (Å²) in [6, 6.07) is 0.477. The lowest BCUT2D eigenvalue weighted by atomic mass is 10.2. The van der Waals surface area contributed by atoms with Gasteiger partial charge in [-0.15, -0.1) is 0 Å². The van der Waals surface area contributed by atoms with E-state index in [9.17, 15) is 0 Å². The van der Waals surface area contributed by atoms with E-state index in [4.69, 9.17) is 5.73 Å². The predicted molar refractivity (Wildman–Crippen MR) is 57.3 cm³/mol. The fraction of sp³-hybridized carbons (Fsp3) is 0.667. The van der Waals surface area contributed by atoms with E-state index in [1.807, 2.05) is 6.92 Å². The quantitative estimate of drug-likeness (QED) is 0.639. The maximum Gasteiger partial charge on any atom is 0.169 e. The summed E-state index contributed by atoms with van der Waals surface area (Å²) in [5.41, 5.74) is 5.76. The van der Waals surface area contributed by atoms with E-state index in [2.05, 4.69) is 27.2 Å². The number of H-pyrrole nitrogens is 1. The molecule has 1 aliphatic heterocycles. The zero-order valence-corrected chi connectivity index (χ0v) is 8.67. The molecule has 2 heterocycles. The Bertz CT molecular complexity index is 319. The monoisotopic (exact) mass is 195 g/mol. The SMILES string of the molecule is Cc1nc(NC2CCN(C)C2)c(N)[nH]1. The summed E-state index contributed by atoms with van der Waals surface area (Å²) in [5.74, 6) is 2.29. The maximum absolute atomic E-state index is 5.76. The molecule has 0 bridgehead atoms. The fourth-order valence-electron chi connectivity index (χ4n) is 1.87. The summed E-state index contributed by atoms with van der Waals surface area (Å²) in [7, 11) is 2.13. The van der Waals surface area contributed by atoms with Crippen LogP contribution in [0.25, 0.3) is 0 Å². The average Bonchev–Trinajstić information content (AvgIpc) is 2.61. The molecule has 14 heavy (non-hydrogen) atoms. The van der Waals surface area contributed by atoms with Gasteiger partial charge in [-0.2, -0.15) is 0 Å². The molecule has 0 saturated carbocycles. The van der Waals surface area contributed by atoms with Crippen LogP contribution in [0, 0.1) is 6.92 Å². The highest BCUT2D eigenvalue weighted by atomic mass is 15.2. The summed E-state index contributed by atoms with van der Waals surface area (Å²) in [5, 5.41) is 3.35. The van der Waals surface area contributed by atoms with Gasteiger partial charge in [-0.25, -0.2) is 4.98 Å². The van der Waals surface area contributed by atoms with Gasteiger partial charge in [-0.1, -0.05) is 0 Å². The van der Waals surface area contributed by atoms with Crippen LogP contribution in [0.1, 0.15) is 12.2 Å². The van der Waals surface area contributed by atoms with E-state index in [0.717, 1.165) is 31.2 Å². The first kappa shape index (κ1) is 9.33. The largest absolute Gasteiger partial charge is 0.382 e. The lowest BCUT2D eigenvalue weighted by Crippen LogP contribution is -2.24. The second-order valence-corrected chi connectivity index (χ2v) is 3.98. The Kier molecular flexibility index (Phi) is 2.33. The Balaban J connectivity index is 2.00. The molecule has 5 heteroatoms. The van der Waals surface area contributed by atoms with Gasteiger partial charge in [0.05, 0.1) is 0 Å². The van der Waals surface area contributed by atoms with Gasteiger partial charge in [0.2, 0.25) is 0 Å². The molecule has 0 spiro atoms. The zero-order chi connectivity index (χ0) is 10.1. The number of anilines is 2. The van der Waals surface area contributed by atoms with Crippen LogP contribution < -0.4 is 11.1 Å². The van der Waals surface area contributed by atoms with Crippen molar-refractivity contribution in [3.05, 3.63) is 5.82 Å². The van der Waals surface area contributed by atoms with Gasteiger partial charge >= 0.3 is 0 Å². The van der Waals surface area contributed by atoms with Crippen molar-refractivity contribution in [3.8, 4) is 0 Å². The van der Waals surface area contributed by atoms with Gasteiger partial charge in [0.15, 0.2) is 5.82 Å². The van der Waals surface area contributed by atoms with Crippen molar-refractivity contribution in [2.75, 3.05) is 31.2 Å². The van der Waals surface area contributed by atoms with E-state index >= 15 is 0 Å². The molecule has 5 nitrogen and oxygen atoms in total. The van der Waals surface area contributed by atoms with Gasteiger partial charge in [-0.3, -0.25) is 0 Å². The Morgan fingerprint density at radius 3 is 2.93 bits per heavy atom. The lowest BCUT2D eigenvalue weighted by Gasteiger charge is -2.12. The molecule has 0 radical (unpaired) electrons. The number of likely N-dealkylation sites (tertiary alicyclic amines) is 1. The smallest absolute Gasteiger partial charge is 0.169 e. The number of nitrogens with zero attached hydrogens (tertiary/aromatic N) is 2. The van der Waals surface area contributed by atoms with Gasteiger partial charge in [0.1, 0.15) is 11.6 Å². The Labute approximate surface area is 83.7 Å². The predicted octanol–water partition coefficient (Wildman–Crippen LogP) is 0.416. The Morgan fingerprint density at radius 2 is 2.43 bits per heavy atom. The minimum Gasteiger partial charge on any atom is -0.382 e. The third kappa shape index (κ3) is 1.82. The summed E-state index contributed by atoms with van der Waals surface area (Å²) in [6.07, 6.45) is 1.15. The number of nitrogens with two attached hydrogens (primary N) is 1. The number of likely N-dealkylation sites (N-methyl/N-ethyl adjacent to an activating group) is 1. The van der Waals surface area contributed by atoms with Gasteiger partial charge in [-0.05, 0) is 26.9 Å². The van der Waals surface area contributed by atoms with Crippen molar-refractivity contribution in [1.82, 2.24) is 14.9 Å². The van der Waals surface area contributed by atoms with E-state index in [0.29, 0.717) is 11.9 Å². The first-order valence-corrected chi connectivity index (χ1v) is 4.92. The first-order valence-electron chi connectivity index (χ1n) is 4.92. The number of hydrogen-bond acceptors (Lipinski definition) is 4. The number of hydrogen-bond donors (Lipinski definition) is 3. The Hall–Kier alpha value is -1.23. The van der Waals surface area contributed by atoms with Crippen LogP contribution in [0.5, 0.6) is 0 Å². The maximum atomic E-state index is 5.76. The topological polar surface area (TPSA) is 70.0 Å². The van der Waals surface area contributed by atoms with Crippen LogP contribution in [0.15, 0.2) is 0 Å². The minimum absolute atomic E-state index is 0.477. The summed E-state index contributed by atoms with van der Waals surface area (Å²) in [6.45, 7) is 4.11.